The zero-order chi connectivity index (χ0) is 15.0. The largest absolute Gasteiger partial charge is 0.399 e. The first kappa shape index (κ1) is 14.0. The Balaban J connectivity index is 1.96. The summed E-state index contributed by atoms with van der Waals surface area (Å²) in [5.41, 5.74) is 8.40. The minimum atomic E-state index is -2.90. The fourth-order valence-electron chi connectivity index (χ4n) is 2.62. The van der Waals surface area contributed by atoms with E-state index in [4.69, 9.17) is 5.73 Å². The van der Waals surface area contributed by atoms with Crippen LogP contribution in [0.3, 0.4) is 0 Å². The zero-order valence-electron chi connectivity index (χ0n) is 11.7. The highest BCUT2D eigenvalue weighted by molar-refractivity contribution is 7.91. The highest BCUT2D eigenvalue weighted by Gasteiger charge is 2.28. The van der Waals surface area contributed by atoms with Crippen molar-refractivity contribution in [2.45, 2.75) is 25.8 Å². The van der Waals surface area contributed by atoms with Gasteiger partial charge in [-0.15, -0.1) is 5.10 Å². The van der Waals surface area contributed by atoms with Crippen molar-refractivity contribution in [3.63, 3.8) is 0 Å². The molecule has 0 bridgehead atoms. The second kappa shape index (κ2) is 5.10. The van der Waals surface area contributed by atoms with Gasteiger partial charge in [0, 0.05) is 11.3 Å². The molecule has 2 aromatic rings. The Morgan fingerprint density at radius 2 is 2.00 bits per heavy atom. The summed E-state index contributed by atoms with van der Waals surface area (Å²) in [6.45, 7) is 1.97. The summed E-state index contributed by atoms with van der Waals surface area (Å²) < 4.78 is 24.8. The lowest BCUT2D eigenvalue weighted by atomic mass is 10.1. The molecule has 3 rings (SSSR count). The van der Waals surface area contributed by atoms with Crippen LogP contribution in [0.1, 0.15) is 24.4 Å². The molecule has 0 amide bonds. The molecule has 112 valence electrons. The van der Waals surface area contributed by atoms with E-state index in [0.717, 1.165) is 11.1 Å². The normalized spacial score (nSPS) is 18.7. The van der Waals surface area contributed by atoms with Gasteiger partial charge in [0.1, 0.15) is 9.84 Å². The molecule has 0 aliphatic carbocycles. The van der Waals surface area contributed by atoms with Crippen LogP contribution in [0.25, 0.3) is 11.4 Å². The molecule has 21 heavy (non-hydrogen) atoms. The fraction of sp³-hybridized carbons (Fsp3) is 0.462. The third kappa shape index (κ3) is 2.76. The lowest BCUT2D eigenvalue weighted by molar-refractivity contribution is 0.408. The average Bonchev–Trinajstić information content (AvgIpc) is 2.90. The Labute approximate surface area is 123 Å². The lowest BCUT2D eigenvalue weighted by Crippen LogP contribution is -2.26. The topological polar surface area (TPSA) is 104 Å². The monoisotopic (exact) mass is 307 g/mol. The average molecular weight is 307 g/mol. The predicted octanol–water partition coefficient (Wildman–Crippen LogP) is 0.980. The van der Waals surface area contributed by atoms with Crippen molar-refractivity contribution in [3.05, 3.63) is 23.8 Å². The number of nitrogens with zero attached hydrogens (tertiary/aromatic N) is 4. The Hall–Kier alpha value is -1.96. The smallest absolute Gasteiger partial charge is 0.182 e. The molecule has 1 fully saturated rings. The van der Waals surface area contributed by atoms with Crippen molar-refractivity contribution in [2.24, 2.45) is 0 Å². The van der Waals surface area contributed by atoms with E-state index in [0.29, 0.717) is 24.4 Å². The molecule has 8 heteroatoms. The van der Waals surface area contributed by atoms with Crippen molar-refractivity contribution in [1.82, 2.24) is 20.2 Å². The molecule has 1 aliphatic heterocycles. The molecule has 0 radical (unpaired) electrons. The maximum Gasteiger partial charge on any atom is 0.182 e. The molecule has 7 nitrogen and oxygen atoms in total. The molecule has 1 aliphatic rings. The number of tetrazole rings is 1. The number of nitrogen functional groups attached to an aromatic ring is 1. The van der Waals surface area contributed by atoms with Crippen molar-refractivity contribution in [1.29, 1.82) is 0 Å². The fourth-order valence-corrected chi connectivity index (χ4v) is 4.09. The first-order chi connectivity index (χ1) is 9.96. The van der Waals surface area contributed by atoms with E-state index in [1.807, 2.05) is 25.1 Å². The van der Waals surface area contributed by atoms with Gasteiger partial charge in [-0.1, -0.05) is 6.07 Å². The minimum absolute atomic E-state index is 0.0133. The summed E-state index contributed by atoms with van der Waals surface area (Å²) in [5, 5.41) is 11.9. The van der Waals surface area contributed by atoms with Gasteiger partial charge in [-0.2, -0.15) is 0 Å². The van der Waals surface area contributed by atoms with Crippen molar-refractivity contribution >= 4 is 15.5 Å². The van der Waals surface area contributed by atoms with Crippen molar-refractivity contribution in [2.75, 3.05) is 17.2 Å². The van der Waals surface area contributed by atoms with E-state index in [-0.39, 0.29) is 17.5 Å². The highest BCUT2D eigenvalue weighted by Crippen LogP contribution is 2.29. The summed E-state index contributed by atoms with van der Waals surface area (Å²) in [4.78, 5) is 0. The zero-order valence-corrected chi connectivity index (χ0v) is 12.5. The molecule has 0 unspecified atom stereocenters. The number of anilines is 1. The first-order valence-electron chi connectivity index (χ1n) is 6.81. The highest BCUT2D eigenvalue weighted by atomic mass is 32.2. The van der Waals surface area contributed by atoms with Crippen molar-refractivity contribution < 1.29 is 8.42 Å². The minimum Gasteiger partial charge on any atom is -0.399 e. The molecule has 1 aromatic carbocycles. The number of aryl methyl sites for hydroxylation is 1. The van der Waals surface area contributed by atoms with Crippen LogP contribution in [0.5, 0.6) is 0 Å². The van der Waals surface area contributed by atoms with Crippen molar-refractivity contribution in [3.8, 4) is 11.4 Å². The molecule has 0 atom stereocenters. The molecular formula is C13H17N5O2S. The summed E-state index contributed by atoms with van der Waals surface area (Å²) in [7, 11) is -2.90. The second-order valence-corrected chi connectivity index (χ2v) is 7.71. The van der Waals surface area contributed by atoms with Gasteiger partial charge in [0.05, 0.1) is 17.5 Å². The summed E-state index contributed by atoms with van der Waals surface area (Å²) in [6.07, 6.45) is 1.09. The third-order valence-corrected chi connectivity index (χ3v) is 5.58. The third-order valence-electron chi connectivity index (χ3n) is 3.87. The van der Waals surface area contributed by atoms with E-state index in [1.165, 1.54) is 0 Å². The molecule has 2 N–H and O–H groups in total. The van der Waals surface area contributed by atoms with Crippen LogP contribution in [-0.2, 0) is 9.84 Å². The van der Waals surface area contributed by atoms with Gasteiger partial charge in [-0.25, -0.2) is 13.1 Å². The molecule has 0 spiro atoms. The van der Waals surface area contributed by atoms with Gasteiger partial charge in [-0.05, 0) is 47.9 Å². The van der Waals surface area contributed by atoms with Gasteiger partial charge in [-0.3, -0.25) is 0 Å². The number of hydrogen-bond donors (Lipinski definition) is 1. The maximum absolute atomic E-state index is 11.5. The van der Waals surface area contributed by atoms with E-state index >= 15 is 0 Å². The summed E-state index contributed by atoms with van der Waals surface area (Å²) in [6, 6.07) is 5.62. The van der Waals surface area contributed by atoms with Crippen LogP contribution in [0.2, 0.25) is 0 Å². The van der Waals surface area contributed by atoms with Gasteiger partial charge < -0.3 is 5.73 Å². The number of aromatic nitrogens is 4. The van der Waals surface area contributed by atoms with Crippen LogP contribution in [0, 0.1) is 6.92 Å². The number of nitrogens with two attached hydrogens (primary N) is 1. The predicted molar refractivity (Wildman–Crippen MR) is 79.3 cm³/mol. The van der Waals surface area contributed by atoms with Crippen LogP contribution in [0.4, 0.5) is 5.69 Å². The molecule has 0 saturated carbocycles. The molecule has 1 aromatic heterocycles. The summed E-state index contributed by atoms with van der Waals surface area (Å²) in [5.74, 6) is 1.02. The van der Waals surface area contributed by atoms with Crippen LogP contribution in [-0.4, -0.2) is 40.1 Å². The first-order valence-corrected chi connectivity index (χ1v) is 8.63. The van der Waals surface area contributed by atoms with Crippen LogP contribution < -0.4 is 5.73 Å². The Morgan fingerprint density at radius 3 is 2.71 bits per heavy atom. The van der Waals surface area contributed by atoms with Gasteiger partial charge in [0.15, 0.2) is 5.82 Å². The Kier molecular flexibility index (Phi) is 3.40. The number of sulfone groups is 1. The quantitative estimate of drug-likeness (QED) is 0.829. The SMILES string of the molecule is Cc1ccc(N)cc1-c1nnnn1C1CCS(=O)(=O)CC1. The number of benzene rings is 1. The second-order valence-electron chi connectivity index (χ2n) is 5.40. The van der Waals surface area contributed by atoms with E-state index in [2.05, 4.69) is 15.5 Å². The standard InChI is InChI=1S/C13H17N5O2S/c1-9-2-3-10(14)8-12(9)13-15-16-17-18(13)11-4-6-21(19,20)7-5-11/h2-3,8,11H,4-7,14H2,1H3. The molecule has 1 saturated heterocycles. The number of rotatable bonds is 2. The summed E-state index contributed by atoms with van der Waals surface area (Å²) >= 11 is 0. The Morgan fingerprint density at radius 1 is 1.29 bits per heavy atom. The van der Waals surface area contributed by atoms with Crippen LogP contribution in [0.15, 0.2) is 18.2 Å². The maximum atomic E-state index is 11.5. The van der Waals surface area contributed by atoms with E-state index < -0.39 is 9.84 Å². The van der Waals surface area contributed by atoms with E-state index in [1.54, 1.807) is 4.68 Å². The molecular weight excluding hydrogens is 290 g/mol. The lowest BCUT2D eigenvalue weighted by Gasteiger charge is -2.22. The van der Waals surface area contributed by atoms with Gasteiger partial charge in [0.2, 0.25) is 0 Å². The Bertz CT molecular complexity index is 755. The van der Waals surface area contributed by atoms with Gasteiger partial charge >= 0.3 is 0 Å². The van der Waals surface area contributed by atoms with Crippen LogP contribution >= 0.6 is 0 Å². The van der Waals surface area contributed by atoms with E-state index in [9.17, 15) is 8.42 Å². The number of hydrogen-bond acceptors (Lipinski definition) is 6. The van der Waals surface area contributed by atoms with Gasteiger partial charge in [0.25, 0.3) is 0 Å². The molecule has 2 heterocycles.